The predicted molar refractivity (Wildman–Crippen MR) is 119 cm³/mol. The Labute approximate surface area is 176 Å². The van der Waals surface area contributed by atoms with Crippen LogP contribution < -0.4 is 10.6 Å². The maximum absolute atomic E-state index is 12.8. The molecule has 0 saturated heterocycles. The van der Waals surface area contributed by atoms with E-state index in [0.29, 0.717) is 24.0 Å². The first kappa shape index (κ1) is 20.3. The first-order valence-corrected chi connectivity index (χ1v) is 10.7. The van der Waals surface area contributed by atoms with Gasteiger partial charge in [-0.25, -0.2) is 9.97 Å². The summed E-state index contributed by atoms with van der Waals surface area (Å²) in [7, 11) is 0. The molecule has 0 radical (unpaired) electrons. The number of aromatic nitrogens is 2. The fraction of sp³-hybridized carbons (Fsp3) is 0.375. The number of anilines is 1. The summed E-state index contributed by atoms with van der Waals surface area (Å²) >= 11 is 0. The maximum atomic E-state index is 12.8. The molecule has 2 aromatic carbocycles. The number of carbonyl (C=O) groups is 1. The number of aliphatic hydroxyl groups excluding tert-OH is 1. The van der Waals surface area contributed by atoms with E-state index >= 15 is 0 Å². The van der Waals surface area contributed by atoms with Crippen molar-refractivity contribution in [2.45, 2.75) is 50.6 Å². The Kier molecular flexibility index (Phi) is 6.54. The van der Waals surface area contributed by atoms with Crippen LogP contribution in [-0.2, 0) is 6.42 Å². The number of amides is 1. The largest absolute Gasteiger partial charge is 0.394 e. The summed E-state index contributed by atoms with van der Waals surface area (Å²) in [5.41, 5.74) is 2.33. The molecule has 30 heavy (non-hydrogen) atoms. The topological polar surface area (TPSA) is 87.1 Å². The Morgan fingerprint density at radius 2 is 1.90 bits per heavy atom. The fourth-order valence-electron chi connectivity index (χ4n) is 3.99. The minimum absolute atomic E-state index is 0.119. The molecule has 6 heteroatoms. The third kappa shape index (κ3) is 5.13. The Bertz CT molecular complexity index is 987. The first-order valence-electron chi connectivity index (χ1n) is 10.7. The highest BCUT2D eigenvalue weighted by atomic mass is 16.3. The predicted octanol–water partition coefficient (Wildman–Crippen LogP) is 3.71. The molecule has 1 aliphatic rings. The molecule has 1 amide bonds. The highest BCUT2D eigenvalue weighted by Crippen LogP contribution is 2.21. The van der Waals surface area contributed by atoms with Gasteiger partial charge in [-0.1, -0.05) is 55.7 Å². The molecule has 3 aromatic rings. The summed E-state index contributed by atoms with van der Waals surface area (Å²) in [5, 5.41) is 17.0. The molecule has 1 aliphatic carbocycles. The molecule has 6 nitrogen and oxygen atoms in total. The summed E-state index contributed by atoms with van der Waals surface area (Å²) < 4.78 is 0. The van der Waals surface area contributed by atoms with Crippen LogP contribution in [-0.4, -0.2) is 39.7 Å². The number of fused-ring (bicyclic) bond motifs is 1. The zero-order valence-corrected chi connectivity index (χ0v) is 17.1. The van der Waals surface area contributed by atoms with E-state index in [0.717, 1.165) is 29.3 Å². The average molecular weight is 405 g/mol. The average Bonchev–Trinajstić information content (AvgIpc) is 2.79. The van der Waals surface area contributed by atoms with Crippen molar-refractivity contribution in [3.05, 3.63) is 65.9 Å². The van der Waals surface area contributed by atoms with Gasteiger partial charge in [0.2, 0.25) is 5.95 Å². The van der Waals surface area contributed by atoms with Crippen LogP contribution in [0.3, 0.4) is 0 Å². The highest BCUT2D eigenvalue weighted by Gasteiger charge is 2.16. The van der Waals surface area contributed by atoms with Crippen molar-refractivity contribution < 1.29 is 9.90 Å². The van der Waals surface area contributed by atoms with Crippen LogP contribution in [0.15, 0.2) is 54.7 Å². The number of hydrogen-bond acceptors (Lipinski definition) is 5. The SMILES string of the molecule is O=C(N[C@H](CO)Cc1ccccc1)c1ccc2cnc(NC3CCCCC3)nc2c1. The second kappa shape index (κ2) is 9.67. The van der Waals surface area contributed by atoms with Crippen LogP contribution in [0.25, 0.3) is 10.9 Å². The quantitative estimate of drug-likeness (QED) is 0.559. The normalized spacial score (nSPS) is 15.6. The highest BCUT2D eigenvalue weighted by molar-refractivity contribution is 5.98. The molecule has 0 aliphatic heterocycles. The van der Waals surface area contributed by atoms with Gasteiger partial charge in [0.05, 0.1) is 18.2 Å². The maximum Gasteiger partial charge on any atom is 0.251 e. The Balaban J connectivity index is 1.46. The van der Waals surface area contributed by atoms with Gasteiger partial charge in [0.15, 0.2) is 0 Å². The Hall–Kier alpha value is -2.99. The van der Waals surface area contributed by atoms with Crippen molar-refractivity contribution in [3.8, 4) is 0 Å². The lowest BCUT2D eigenvalue weighted by molar-refractivity contribution is 0.0916. The molecule has 156 valence electrons. The Morgan fingerprint density at radius 3 is 2.67 bits per heavy atom. The number of aliphatic hydroxyl groups is 1. The van der Waals surface area contributed by atoms with Gasteiger partial charge >= 0.3 is 0 Å². The minimum atomic E-state index is -0.343. The molecule has 1 saturated carbocycles. The van der Waals surface area contributed by atoms with Gasteiger partial charge in [0.25, 0.3) is 5.91 Å². The van der Waals surface area contributed by atoms with E-state index in [1.807, 2.05) is 36.4 Å². The zero-order valence-electron chi connectivity index (χ0n) is 17.1. The molecule has 1 fully saturated rings. The molecule has 1 aromatic heterocycles. The summed E-state index contributed by atoms with van der Waals surface area (Å²) in [6, 6.07) is 15.3. The molecular formula is C24H28N4O2. The summed E-state index contributed by atoms with van der Waals surface area (Å²) in [4.78, 5) is 21.8. The van der Waals surface area contributed by atoms with E-state index < -0.39 is 0 Å². The van der Waals surface area contributed by atoms with Crippen LogP contribution in [0.1, 0.15) is 48.0 Å². The van der Waals surface area contributed by atoms with E-state index in [-0.39, 0.29) is 18.6 Å². The lowest BCUT2D eigenvalue weighted by Gasteiger charge is -2.22. The second-order valence-electron chi connectivity index (χ2n) is 7.99. The summed E-state index contributed by atoms with van der Waals surface area (Å²) in [6.45, 7) is -0.119. The van der Waals surface area contributed by atoms with E-state index in [4.69, 9.17) is 0 Å². The van der Waals surface area contributed by atoms with Crippen molar-refractivity contribution >= 4 is 22.8 Å². The van der Waals surface area contributed by atoms with E-state index in [9.17, 15) is 9.90 Å². The van der Waals surface area contributed by atoms with Gasteiger partial charge in [-0.2, -0.15) is 0 Å². The Morgan fingerprint density at radius 1 is 1.10 bits per heavy atom. The summed E-state index contributed by atoms with van der Waals surface area (Å²) in [5.74, 6) is 0.400. The summed E-state index contributed by atoms with van der Waals surface area (Å²) in [6.07, 6.45) is 8.44. The number of nitrogens with zero attached hydrogens (tertiary/aromatic N) is 2. The van der Waals surface area contributed by atoms with Crippen molar-refractivity contribution in [2.75, 3.05) is 11.9 Å². The van der Waals surface area contributed by atoms with Gasteiger partial charge in [-0.3, -0.25) is 4.79 Å². The van der Waals surface area contributed by atoms with Crippen molar-refractivity contribution in [1.82, 2.24) is 15.3 Å². The van der Waals surface area contributed by atoms with Crippen LogP contribution in [0, 0.1) is 0 Å². The third-order valence-electron chi connectivity index (χ3n) is 5.66. The van der Waals surface area contributed by atoms with E-state index in [2.05, 4.69) is 20.6 Å². The van der Waals surface area contributed by atoms with Crippen LogP contribution in [0.4, 0.5) is 5.95 Å². The van der Waals surface area contributed by atoms with Crippen LogP contribution >= 0.6 is 0 Å². The third-order valence-corrected chi connectivity index (χ3v) is 5.66. The standard InChI is InChI=1S/C24H28N4O2/c29-16-21(13-17-7-3-1-4-8-17)26-23(30)18-11-12-19-15-25-24(28-22(19)14-18)27-20-9-5-2-6-10-20/h1,3-4,7-8,11-12,14-15,20-21,29H,2,5-6,9-10,13,16H2,(H,26,30)(H,25,27,28)/t21-/m0/s1. The van der Waals surface area contributed by atoms with E-state index in [1.165, 1.54) is 19.3 Å². The van der Waals surface area contributed by atoms with E-state index in [1.54, 1.807) is 18.3 Å². The van der Waals surface area contributed by atoms with Gasteiger partial charge in [-0.05, 0) is 37.0 Å². The van der Waals surface area contributed by atoms with Crippen molar-refractivity contribution in [3.63, 3.8) is 0 Å². The monoisotopic (exact) mass is 404 g/mol. The molecule has 3 N–H and O–H groups in total. The zero-order chi connectivity index (χ0) is 20.8. The molecule has 0 bridgehead atoms. The van der Waals surface area contributed by atoms with Gasteiger partial charge < -0.3 is 15.7 Å². The van der Waals surface area contributed by atoms with Crippen LogP contribution in [0.2, 0.25) is 0 Å². The lowest BCUT2D eigenvalue weighted by atomic mass is 9.96. The number of hydrogen-bond donors (Lipinski definition) is 3. The molecule has 0 spiro atoms. The minimum Gasteiger partial charge on any atom is -0.394 e. The second-order valence-corrected chi connectivity index (χ2v) is 7.99. The number of carbonyl (C=O) groups excluding carboxylic acids is 1. The molecule has 1 atom stereocenters. The fourth-order valence-corrected chi connectivity index (χ4v) is 3.99. The molecule has 4 rings (SSSR count). The van der Waals surface area contributed by atoms with Crippen molar-refractivity contribution in [1.29, 1.82) is 0 Å². The van der Waals surface area contributed by atoms with Gasteiger partial charge in [-0.15, -0.1) is 0 Å². The van der Waals surface area contributed by atoms with Gasteiger partial charge in [0, 0.05) is 23.2 Å². The molecule has 0 unspecified atom stereocenters. The molecular weight excluding hydrogens is 376 g/mol. The number of rotatable bonds is 7. The lowest BCUT2D eigenvalue weighted by Crippen LogP contribution is -2.39. The van der Waals surface area contributed by atoms with Crippen molar-refractivity contribution in [2.24, 2.45) is 0 Å². The number of benzene rings is 2. The first-order chi connectivity index (χ1) is 14.7. The smallest absolute Gasteiger partial charge is 0.251 e. The van der Waals surface area contributed by atoms with Gasteiger partial charge in [0.1, 0.15) is 0 Å². The number of nitrogens with one attached hydrogen (secondary N) is 2. The molecule has 1 heterocycles. The van der Waals surface area contributed by atoms with Crippen LogP contribution in [0.5, 0.6) is 0 Å².